The van der Waals surface area contributed by atoms with Gasteiger partial charge in [-0.2, -0.15) is 0 Å². The van der Waals surface area contributed by atoms with E-state index in [9.17, 15) is 9.59 Å². The molecule has 1 heterocycles. The summed E-state index contributed by atoms with van der Waals surface area (Å²) in [5.74, 6) is 0.118. The minimum atomic E-state index is -1.14. The van der Waals surface area contributed by atoms with Crippen molar-refractivity contribution in [3.8, 4) is 5.75 Å². The number of para-hydroxylation sites is 1. The van der Waals surface area contributed by atoms with Crippen LogP contribution in [-0.4, -0.2) is 54.5 Å². The van der Waals surface area contributed by atoms with Gasteiger partial charge in [0.25, 0.3) is 11.8 Å². The number of benzene rings is 2. The Morgan fingerprint density at radius 3 is 2.19 bits per heavy atom. The quantitative estimate of drug-likeness (QED) is 0.762. The average Bonchev–Trinajstić information content (AvgIpc) is 2.66. The maximum atomic E-state index is 13.0. The molecule has 0 bridgehead atoms. The van der Waals surface area contributed by atoms with E-state index < -0.39 is 11.6 Å². The number of nitrogens with zero attached hydrogens (tertiary/aromatic N) is 3. The maximum Gasteiger partial charge on any atom is 0.286 e. The van der Waals surface area contributed by atoms with Crippen molar-refractivity contribution in [3.63, 3.8) is 0 Å². The van der Waals surface area contributed by atoms with E-state index >= 15 is 0 Å². The summed E-state index contributed by atoms with van der Waals surface area (Å²) in [5.41, 5.74) is 0.806. The standard InChI is InChI=1S/C21H25N3O3/c1-15-11-13-16(14-12-15)23(5)24-19(25)18(21(24,2)20(26)22(3)4)27-17-9-7-6-8-10-17/h6-14,18H,1-5H3/t18-,21+/m0/s1. The minimum Gasteiger partial charge on any atom is -0.477 e. The molecule has 27 heavy (non-hydrogen) atoms. The highest BCUT2D eigenvalue weighted by atomic mass is 16.5. The fraction of sp³-hybridized carbons (Fsp3) is 0.333. The van der Waals surface area contributed by atoms with Crippen LogP contribution in [0.4, 0.5) is 5.69 Å². The zero-order chi connectivity index (χ0) is 19.8. The lowest BCUT2D eigenvalue weighted by Crippen LogP contribution is -2.82. The number of ether oxygens (including phenoxy) is 1. The highest BCUT2D eigenvalue weighted by Gasteiger charge is 2.66. The van der Waals surface area contributed by atoms with E-state index in [1.165, 1.54) is 9.91 Å². The van der Waals surface area contributed by atoms with Gasteiger partial charge in [-0.15, -0.1) is 0 Å². The molecule has 1 aliphatic rings. The molecule has 0 saturated carbocycles. The van der Waals surface area contributed by atoms with E-state index in [1.54, 1.807) is 45.2 Å². The zero-order valence-electron chi connectivity index (χ0n) is 16.3. The number of aryl methyl sites for hydroxylation is 1. The van der Waals surface area contributed by atoms with E-state index in [2.05, 4.69) is 0 Å². The number of carbonyl (C=O) groups excluding carboxylic acids is 2. The first-order chi connectivity index (χ1) is 12.8. The molecule has 6 heteroatoms. The normalized spacial score (nSPS) is 21.4. The Bertz CT molecular complexity index is 836. The van der Waals surface area contributed by atoms with Gasteiger partial charge in [0, 0.05) is 21.1 Å². The molecule has 2 amide bonds. The molecule has 0 N–H and O–H groups in total. The Balaban J connectivity index is 1.94. The van der Waals surface area contributed by atoms with Crippen LogP contribution in [0, 0.1) is 6.92 Å². The number of hydrogen-bond donors (Lipinski definition) is 0. The molecule has 2 aromatic carbocycles. The number of hydrazine groups is 1. The Morgan fingerprint density at radius 1 is 1.04 bits per heavy atom. The Hall–Kier alpha value is -3.02. The molecule has 0 aliphatic carbocycles. The summed E-state index contributed by atoms with van der Waals surface area (Å²) in [7, 11) is 5.14. The summed E-state index contributed by atoms with van der Waals surface area (Å²) in [6, 6.07) is 16.9. The van der Waals surface area contributed by atoms with Gasteiger partial charge in [-0.3, -0.25) is 14.6 Å². The number of amides is 2. The molecular formula is C21H25N3O3. The largest absolute Gasteiger partial charge is 0.477 e. The van der Waals surface area contributed by atoms with Gasteiger partial charge in [0.2, 0.25) is 6.10 Å². The molecule has 0 aromatic heterocycles. The van der Waals surface area contributed by atoms with Crippen LogP contribution in [0.25, 0.3) is 0 Å². The van der Waals surface area contributed by atoms with Crippen LogP contribution in [0.2, 0.25) is 0 Å². The summed E-state index contributed by atoms with van der Waals surface area (Å²) in [5, 5.41) is 3.20. The first-order valence-corrected chi connectivity index (χ1v) is 8.84. The van der Waals surface area contributed by atoms with Crippen LogP contribution in [0.1, 0.15) is 12.5 Å². The third-order valence-electron chi connectivity index (χ3n) is 4.93. The number of rotatable bonds is 5. The first-order valence-electron chi connectivity index (χ1n) is 8.84. The van der Waals surface area contributed by atoms with Crippen molar-refractivity contribution in [1.82, 2.24) is 9.91 Å². The first kappa shape index (κ1) is 18.8. The summed E-state index contributed by atoms with van der Waals surface area (Å²) in [6.07, 6.45) is -0.886. The molecule has 0 spiro atoms. The lowest BCUT2D eigenvalue weighted by molar-refractivity contribution is -0.189. The van der Waals surface area contributed by atoms with E-state index in [0.29, 0.717) is 5.75 Å². The van der Waals surface area contributed by atoms with Gasteiger partial charge in [-0.25, -0.2) is 5.01 Å². The lowest BCUT2D eigenvalue weighted by Gasteiger charge is -2.56. The second kappa shape index (κ2) is 6.95. The van der Waals surface area contributed by atoms with Gasteiger partial charge >= 0.3 is 0 Å². The molecule has 0 unspecified atom stereocenters. The van der Waals surface area contributed by atoms with E-state index in [4.69, 9.17) is 4.74 Å². The van der Waals surface area contributed by atoms with E-state index in [0.717, 1.165) is 11.3 Å². The summed E-state index contributed by atoms with van der Waals surface area (Å²) in [4.78, 5) is 27.5. The maximum absolute atomic E-state index is 13.0. The third kappa shape index (κ3) is 3.12. The van der Waals surface area contributed by atoms with Crippen LogP contribution in [0.3, 0.4) is 0 Å². The van der Waals surface area contributed by atoms with Crippen molar-refractivity contribution in [2.24, 2.45) is 0 Å². The van der Waals surface area contributed by atoms with Crippen molar-refractivity contribution < 1.29 is 14.3 Å². The van der Waals surface area contributed by atoms with Crippen LogP contribution in [-0.2, 0) is 9.59 Å². The van der Waals surface area contributed by atoms with Gasteiger partial charge in [-0.1, -0.05) is 35.9 Å². The predicted octanol–water partition coefficient (Wildman–Crippen LogP) is 2.48. The van der Waals surface area contributed by atoms with Crippen molar-refractivity contribution in [1.29, 1.82) is 0 Å². The van der Waals surface area contributed by atoms with Crippen molar-refractivity contribution in [2.75, 3.05) is 26.2 Å². The van der Waals surface area contributed by atoms with Crippen LogP contribution >= 0.6 is 0 Å². The molecule has 6 nitrogen and oxygen atoms in total. The van der Waals surface area contributed by atoms with Gasteiger partial charge in [-0.05, 0) is 38.1 Å². The summed E-state index contributed by atoms with van der Waals surface area (Å²) in [6.45, 7) is 3.75. The SMILES string of the molecule is Cc1ccc(N(C)N2C(=O)[C@H](Oc3ccccc3)[C@]2(C)C(=O)N(C)C)cc1. The summed E-state index contributed by atoms with van der Waals surface area (Å²) < 4.78 is 5.92. The highest BCUT2D eigenvalue weighted by Crippen LogP contribution is 2.39. The third-order valence-corrected chi connectivity index (χ3v) is 4.93. The Kier molecular flexibility index (Phi) is 4.83. The predicted molar refractivity (Wildman–Crippen MR) is 104 cm³/mol. The summed E-state index contributed by atoms with van der Waals surface area (Å²) >= 11 is 0. The smallest absolute Gasteiger partial charge is 0.286 e. The lowest BCUT2D eigenvalue weighted by atomic mass is 9.82. The number of carbonyl (C=O) groups is 2. The molecule has 142 valence electrons. The van der Waals surface area contributed by atoms with Crippen LogP contribution in [0.15, 0.2) is 54.6 Å². The molecule has 2 atom stereocenters. The number of anilines is 1. The molecule has 0 radical (unpaired) electrons. The van der Waals surface area contributed by atoms with Crippen molar-refractivity contribution in [3.05, 3.63) is 60.2 Å². The van der Waals surface area contributed by atoms with E-state index in [-0.39, 0.29) is 11.8 Å². The molecule has 1 saturated heterocycles. The molecular weight excluding hydrogens is 342 g/mol. The van der Waals surface area contributed by atoms with Gasteiger partial charge in [0.1, 0.15) is 5.75 Å². The van der Waals surface area contributed by atoms with Crippen LogP contribution in [0.5, 0.6) is 5.75 Å². The molecule has 1 fully saturated rings. The van der Waals surface area contributed by atoms with E-state index in [1.807, 2.05) is 49.4 Å². The number of hydrogen-bond acceptors (Lipinski definition) is 4. The molecule has 2 aromatic rings. The fourth-order valence-electron chi connectivity index (χ4n) is 3.42. The minimum absolute atomic E-state index is 0.193. The highest BCUT2D eigenvalue weighted by molar-refractivity contribution is 6.05. The van der Waals surface area contributed by atoms with Crippen molar-refractivity contribution in [2.45, 2.75) is 25.5 Å². The second-order valence-corrected chi connectivity index (χ2v) is 7.17. The van der Waals surface area contributed by atoms with Gasteiger partial charge < -0.3 is 9.64 Å². The van der Waals surface area contributed by atoms with Crippen molar-refractivity contribution >= 4 is 17.5 Å². The number of β-lactam (4-membered cyclic amide) rings is 1. The Morgan fingerprint density at radius 2 is 1.63 bits per heavy atom. The zero-order valence-corrected chi connectivity index (χ0v) is 16.3. The molecule has 3 rings (SSSR count). The molecule has 1 aliphatic heterocycles. The van der Waals surface area contributed by atoms with Crippen LogP contribution < -0.4 is 9.75 Å². The second-order valence-electron chi connectivity index (χ2n) is 7.17. The fourth-order valence-corrected chi connectivity index (χ4v) is 3.42. The monoisotopic (exact) mass is 367 g/mol. The average molecular weight is 367 g/mol. The topological polar surface area (TPSA) is 53.1 Å². The van der Waals surface area contributed by atoms with Gasteiger partial charge in [0.05, 0.1) is 5.69 Å². The van der Waals surface area contributed by atoms with Gasteiger partial charge in [0.15, 0.2) is 5.54 Å². The Labute approximate surface area is 159 Å². The number of likely N-dealkylation sites (N-methyl/N-ethyl adjacent to an activating group) is 1.